The summed E-state index contributed by atoms with van der Waals surface area (Å²) in [5, 5.41) is 0. The van der Waals surface area contributed by atoms with Crippen LogP contribution in [0.2, 0.25) is 0 Å². The summed E-state index contributed by atoms with van der Waals surface area (Å²) in [5.41, 5.74) is 2.88. The Labute approximate surface area is 192 Å². The molecule has 3 nitrogen and oxygen atoms in total. The van der Waals surface area contributed by atoms with Crippen molar-refractivity contribution in [1.29, 1.82) is 0 Å². The van der Waals surface area contributed by atoms with Crippen molar-refractivity contribution < 1.29 is 9.18 Å². The van der Waals surface area contributed by atoms with Crippen LogP contribution in [0.1, 0.15) is 63.1 Å². The summed E-state index contributed by atoms with van der Waals surface area (Å²) >= 11 is 0. The lowest BCUT2D eigenvalue weighted by atomic mass is 9.76. The summed E-state index contributed by atoms with van der Waals surface area (Å²) < 4.78 is 15.0. The number of hydrogen-bond donors (Lipinski definition) is 0. The average Bonchev–Trinajstić information content (AvgIpc) is 2.78. The van der Waals surface area contributed by atoms with Gasteiger partial charge in [0, 0.05) is 44.6 Å². The van der Waals surface area contributed by atoms with Crippen LogP contribution in [0.4, 0.5) is 10.1 Å². The highest BCUT2D eigenvalue weighted by Gasteiger charge is 2.34. The van der Waals surface area contributed by atoms with E-state index in [0.717, 1.165) is 50.5 Å². The molecule has 4 heteroatoms. The van der Waals surface area contributed by atoms with Gasteiger partial charge >= 0.3 is 0 Å². The zero-order valence-electron chi connectivity index (χ0n) is 19.6. The minimum absolute atomic E-state index is 0.0824. The van der Waals surface area contributed by atoms with Crippen molar-refractivity contribution in [3.63, 3.8) is 0 Å². The van der Waals surface area contributed by atoms with E-state index in [1.54, 1.807) is 6.07 Å². The molecule has 1 unspecified atom stereocenters. The van der Waals surface area contributed by atoms with Gasteiger partial charge in [0.1, 0.15) is 11.6 Å². The molecule has 2 fully saturated rings. The second-order valence-corrected chi connectivity index (χ2v) is 9.51. The molecule has 0 spiro atoms. The zero-order valence-corrected chi connectivity index (χ0v) is 19.6. The number of benzene rings is 2. The first kappa shape index (κ1) is 23.0. The number of halogens is 1. The van der Waals surface area contributed by atoms with E-state index < -0.39 is 0 Å². The molecule has 2 aliphatic rings. The molecule has 0 bridgehead atoms. The third-order valence-electron chi connectivity index (χ3n) is 7.62. The van der Waals surface area contributed by atoms with Crippen LogP contribution in [0.25, 0.3) is 0 Å². The van der Waals surface area contributed by atoms with Crippen molar-refractivity contribution in [1.82, 2.24) is 4.90 Å². The van der Waals surface area contributed by atoms with E-state index in [1.165, 1.54) is 24.8 Å². The highest BCUT2D eigenvalue weighted by atomic mass is 19.1. The lowest BCUT2D eigenvalue weighted by molar-refractivity contribution is -0.122. The van der Waals surface area contributed by atoms with E-state index in [1.807, 2.05) is 26.0 Å². The molecule has 0 radical (unpaired) electrons. The molecule has 4 rings (SSSR count). The van der Waals surface area contributed by atoms with E-state index in [9.17, 15) is 9.18 Å². The highest BCUT2D eigenvalue weighted by Crippen LogP contribution is 2.42. The van der Waals surface area contributed by atoms with Gasteiger partial charge in [-0.1, -0.05) is 56.7 Å². The van der Waals surface area contributed by atoms with Gasteiger partial charge in [-0.3, -0.25) is 9.69 Å². The van der Waals surface area contributed by atoms with Gasteiger partial charge in [0.15, 0.2) is 0 Å². The van der Waals surface area contributed by atoms with Crippen LogP contribution in [-0.2, 0) is 11.2 Å². The smallest absolute Gasteiger partial charge is 0.146 e. The normalized spacial score (nSPS) is 18.6. The zero-order chi connectivity index (χ0) is 22.5. The minimum atomic E-state index is -0.202. The standard InChI is InChI=1S/C28H37FN2O/c1-3-22(4-2)27(32)20-21-13-14-26(25(29)19-21)30-15-17-31(18-16-30)28(24-11-8-12-24)23-9-6-5-7-10-23/h5-7,9-10,13-14,19,22,24,28H,3-4,8,11-12,15-18,20H2,1-2H3. The van der Waals surface area contributed by atoms with Crippen LogP contribution in [-0.4, -0.2) is 36.9 Å². The maximum absolute atomic E-state index is 15.0. The third-order valence-corrected chi connectivity index (χ3v) is 7.62. The van der Waals surface area contributed by atoms with Gasteiger partial charge in [-0.15, -0.1) is 0 Å². The number of anilines is 1. The average molecular weight is 437 g/mol. The summed E-state index contributed by atoms with van der Waals surface area (Å²) in [6.07, 6.45) is 6.00. The van der Waals surface area contributed by atoms with Gasteiger partial charge in [0.2, 0.25) is 0 Å². The van der Waals surface area contributed by atoms with Gasteiger partial charge in [-0.2, -0.15) is 0 Å². The first-order valence-corrected chi connectivity index (χ1v) is 12.5. The van der Waals surface area contributed by atoms with Crippen LogP contribution >= 0.6 is 0 Å². The molecule has 32 heavy (non-hydrogen) atoms. The SMILES string of the molecule is CCC(CC)C(=O)Cc1ccc(N2CCN(C(c3ccccc3)C3CCC3)CC2)c(F)c1. The van der Waals surface area contributed by atoms with E-state index in [0.29, 0.717) is 18.2 Å². The van der Waals surface area contributed by atoms with Crippen LogP contribution < -0.4 is 4.90 Å². The van der Waals surface area contributed by atoms with Crippen LogP contribution in [0.15, 0.2) is 48.5 Å². The number of rotatable bonds is 9. The predicted octanol–water partition coefficient (Wildman–Crippen LogP) is 6.04. The van der Waals surface area contributed by atoms with E-state index in [-0.39, 0.29) is 17.5 Å². The summed E-state index contributed by atoms with van der Waals surface area (Å²) in [6.45, 7) is 7.65. The maximum Gasteiger partial charge on any atom is 0.146 e. The van der Waals surface area contributed by atoms with Crippen molar-refractivity contribution >= 4 is 11.5 Å². The molecule has 1 saturated carbocycles. The Balaban J connectivity index is 1.40. The van der Waals surface area contributed by atoms with Crippen LogP contribution in [0.5, 0.6) is 0 Å². The van der Waals surface area contributed by atoms with Crippen molar-refractivity contribution in [3.8, 4) is 0 Å². The Hall–Kier alpha value is -2.20. The van der Waals surface area contributed by atoms with Gasteiger partial charge in [0.05, 0.1) is 5.69 Å². The second-order valence-electron chi connectivity index (χ2n) is 9.51. The quantitative estimate of drug-likeness (QED) is 0.479. The van der Waals surface area contributed by atoms with E-state index in [2.05, 4.69) is 40.1 Å². The predicted molar refractivity (Wildman–Crippen MR) is 129 cm³/mol. The molecule has 172 valence electrons. The fourth-order valence-electron chi connectivity index (χ4n) is 5.43. The first-order chi connectivity index (χ1) is 15.6. The molecule has 1 saturated heterocycles. The molecule has 0 N–H and O–H groups in total. The number of hydrogen-bond acceptors (Lipinski definition) is 3. The van der Waals surface area contributed by atoms with Gasteiger partial charge < -0.3 is 4.90 Å². The third kappa shape index (κ3) is 5.06. The number of carbonyl (C=O) groups is 1. The fraction of sp³-hybridized carbons (Fsp3) is 0.536. The molecule has 0 aromatic heterocycles. The van der Waals surface area contributed by atoms with E-state index in [4.69, 9.17) is 0 Å². The largest absolute Gasteiger partial charge is 0.367 e. The summed E-state index contributed by atoms with van der Waals surface area (Å²) in [7, 11) is 0. The Morgan fingerprint density at radius 1 is 1.00 bits per heavy atom. The van der Waals surface area contributed by atoms with Gasteiger partial charge in [-0.05, 0) is 54.9 Å². The molecular formula is C28H37FN2O. The summed E-state index contributed by atoms with van der Waals surface area (Å²) in [4.78, 5) is 17.2. The molecule has 1 aliphatic carbocycles. The van der Waals surface area contributed by atoms with Crippen LogP contribution in [0, 0.1) is 17.7 Å². The number of piperazine rings is 1. The van der Waals surface area contributed by atoms with Crippen LogP contribution in [0.3, 0.4) is 0 Å². The summed E-state index contributed by atoms with van der Waals surface area (Å²) in [5.74, 6) is 0.845. The topological polar surface area (TPSA) is 23.6 Å². The Bertz CT molecular complexity index is 884. The molecule has 0 amide bonds. The Morgan fingerprint density at radius 3 is 2.25 bits per heavy atom. The van der Waals surface area contributed by atoms with Crippen molar-refractivity contribution in [2.45, 2.75) is 58.4 Å². The molecule has 1 aliphatic heterocycles. The molecule has 1 heterocycles. The second kappa shape index (κ2) is 10.6. The molecule has 1 atom stereocenters. The number of Topliss-reactive ketones (excluding diaryl/α,β-unsaturated/α-hetero) is 1. The molecular weight excluding hydrogens is 399 g/mol. The highest BCUT2D eigenvalue weighted by molar-refractivity contribution is 5.83. The van der Waals surface area contributed by atoms with E-state index >= 15 is 0 Å². The number of ketones is 1. The molecule has 2 aromatic carbocycles. The van der Waals surface area contributed by atoms with Crippen molar-refractivity contribution in [3.05, 3.63) is 65.5 Å². The Kier molecular flexibility index (Phi) is 7.62. The first-order valence-electron chi connectivity index (χ1n) is 12.5. The van der Waals surface area contributed by atoms with Gasteiger partial charge in [0.25, 0.3) is 0 Å². The molecule has 2 aromatic rings. The number of carbonyl (C=O) groups excluding carboxylic acids is 1. The fourth-order valence-corrected chi connectivity index (χ4v) is 5.43. The van der Waals surface area contributed by atoms with Gasteiger partial charge in [-0.25, -0.2) is 4.39 Å². The maximum atomic E-state index is 15.0. The lowest BCUT2D eigenvalue weighted by Crippen LogP contribution is -2.50. The minimum Gasteiger partial charge on any atom is -0.367 e. The number of nitrogens with zero attached hydrogens (tertiary/aromatic N) is 2. The summed E-state index contributed by atoms with van der Waals surface area (Å²) in [6, 6.07) is 16.8. The van der Waals surface area contributed by atoms with Crippen molar-refractivity contribution in [2.24, 2.45) is 11.8 Å². The van der Waals surface area contributed by atoms with Crippen molar-refractivity contribution in [2.75, 3.05) is 31.1 Å². The Morgan fingerprint density at radius 2 is 1.69 bits per heavy atom. The monoisotopic (exact) mass is 436 g/mol. The lowest BCUT2D eigenvalue weighted by Gasteiger charge is -2.45.